The lowest BCUT2D eigenvalue weighted by molar-refractivity contribution is -0.120. The number of carboxylic acids is 1. The summed E-state index contributed by atoms with van der Waals surface area (Å²) in [6, 6.07) is 9.85. The number of rotatable bonds is 14. The predicted molar refractivity (Wildman–Crippen MR) is 150 cm³/mol. The zero-order chi connectivity index (χ0) is 28.5. The quantitative estimate of drug-likeness (QED) is 0.158. The minimum absolute atomic E-state index is 0.0682. The highest BCUT2D eigenvalue weighted by atomic mass is 28.2. The molecular formula is C29H34N2O7Si. The molecule has 2 aromatic rings. The van der Waals surface area contributed by atoms with Gasteiger partial charge in [-0.05, 0) is 43.0 Å². The number of nitrogens with one attached hydrogen (secondary N) is 1. The fourth-order valence-electron chi connectivity index (χ4n) is 4.18. The highest BCUT2D eigenvalue weighted by Gasteiger charge is 2.37. The molecule has 3 amide bonds. The molecule has 0 spiro atoms. The summed E-state index contributed by atoms with van der Waals surface area (Å²) in [5.41, 5.74) is 0.783. The number of carboxylic acid groups (broad SMARTS) is 1. The molecule has 1 saturated heterocycles. The largest absolute Gasteiger partial charge is 0.478 e. The van der Waals surface area contributed by atoms with E-state index in [1.165, 1.54) is 18.2 Å². The predicted octanol–water partition coefficient (Wildman–Crippen LogP) is 3.88. The fraction of sp³-hybridized carbons (Fsp3) is 0.379. The van der Waals surface area contributed by atoms with Crippen molar-refractivity contribution in [3.63, 3.8) is 0 Å². The van der Waals surface area contributed by atoms with Crippen molar-refractivity contribution in [1.82, 2.24) is 0 Å². The molecule has 2 aromatic carbocycles. The number of aromatic carboxylic acids is 1. The number of carbonyl (C=O) groups is 4. The van der Waals surface area contributed by atoms with Gasteiger partial charge in [0.15, 0.2) is 9.52 Å². The van der Waals surface area contributed by atoms with E-state index in [0.29, 0.717) is 25.3 Å². The molecule has 10 heteroatoms. The molecule has 39 heavy (non-hydrogen) atoms. The van der Waals surface area contributed by atoms with Gasteiger partial charge in [-0.2, -0.15) is 0 Å². The molecule has 3 rings (SSSR count). The molecule has 0 unspecified atom stereocenters. The van der Waals surface area contributed by atoms with Crippen molar-refractivity contribution in [1.29, 1.82) is 0 Å². The minimum atomic E-state index is -1.43. The second-order valence-corrected chi connectivity index (χ2v) is 10.5. The zero-order valence-electron chi connectivity index (χ0n) is 22.5. The average Bonchev–Trinajstić information content (AvgIpc) is 3.16. The number of imide groups is 1. The molecule has 2 N–H and O–H groups in total. The number of aryl methyl sites for hydroxylation is 1. The summed E-state index contributed by atoms with van der Waals surface area (Å²) in [5.74, 6) is -3.69. The maximum atomic E-state index is 13.4. The molecule has 0 aliphatic carbocycles. The van der Waals surface area contributed by atoms with Crippen LogP contribution in [0, 0.1) is 0 Å². The molecule has 0 aromatic heterocycles. The van der Waals surface area contributed by atoms with Gasteiger partial charge in [-0.1, -0.05) is 57.2 Å². The van der Waals surface area contributed by atoms with Gasteiger partial charge in [0.1, 0.15) is 5.91 Å². The molecule has 0 saturated carbocycles. The third-order valence-electron chi connectivity index (χ3n) is 5.97. The van der Waals surface area contributed by atoms with Crippen LogP contribution in [0.1, 0.15) is 72.7 Å². The molecule has 2 radical (unpaired) electrons. The van der Waals surface area contributed by atoms with E-state index in [9.17, 15) is 24.3 Å². The Morgan fingerprint density at radius 3 is 2.33 bits per heavy atom. The van der Waals surface area contributed by atoms with Gasteiger partial charge in [-0.25, -0.2) is 9.69 Å². The van der Waals surface area contributed by atoms with E-state index in [1.54, 1.807) is 6.07 Å². The number of hydrogen-bond acceptors (Lipinski definition) is 6. The highest BCUT2D eigenvalue weighted by molar-refractivity contribution is 6.54. The van der Waals surface area contributed by atoms with Crippen molar-refractivity contribution in [3.05, 3.63) is 65.2 Å². The molecule has 9 nitrogen and oxygen atoms in total. The van der Waals surface area contributed by atoms with E-state index in [4.69, 9.17) is 9.47 Å². The molecule has 1 aliphatic rings. The number of ether oxygens (including phenoxy) is 2. The van der Waals surface area contributed by atoms with Crippen LogP contribution >= 0.6 is 0 Å². The van der Waals surface area contributed by atoms with E-state index in [1.807, 2.05) is 32.9 Å². The Kier molecular flexibility index (Phi) is 10.7. The monoisotopic (exact) mass is 550 g/mol. The summed E-state index contributed by atoms with van der Waals surface area (Å²) >= 11 is 0. The maximum absolute atomic E-state index is 13.4. The van der Waals surface area contributed by atoms with Crippen LogP contribution < -0.4 is 15.4 Å². The Morgan fingerprint density at radius 2 is 1.77 bits per heavy atom. The van der Waals surface area contributed by atoms with E-state index < -0.39 is 29.3 Å². The van der Waals surface area contributed by atoms with Crippen LogP contribution in [0.2, 0.25) is 0 Å². The van der Waals surface area contributed by atoms with Crippen LogP contribution in [0.4, 0.5) is 11.4 Å². The van der Waals surface area contributed by atoms with Crippen LogP contribution in [0.25, 0.3) is 0 Å². The Morgan fingerprint density at radius 1 is 1.08 bits per heavy atom. The second-order valence-electron chi connectivity index (χ2n) is 9.11. The first-order chi connectivity index (χ1) is 18.7. The van der Waals surface area contributed by atoms with E-state index in [0.717, 1.165) is 34.9 Å². The van der Waals surface area contributed by atoms with Gasteiger partial charge < -0.3 is 19.9 Å². The number of benzene rings is 2. The summed E-state index contributed by atoms with van der Waals surface area (Å²) in [6.07, 6.45) is 3.09. The van der Waals surface area contributed by atoms with Gasteiger partial charge >= 0.3 is 5.97 Å². The van der Waals surface area contributed by atoms with Crippen LogP contribution in [0.3, 0.4) is 0 Å². The minimum Gasteiger partial charge on any atom is -0.478 e. The van der Waals surface area contributed by atoms with Gasteiger partial charge in [0.25, 0.3) is 11.8 Å². The Balaban J connectivity index is 1.90. The van der Waals surface area contributed by atoms with Crippen LogP contribution in [-0.4, -0.2) is 57.4 Å². The molecule has 1 heterocycles. The normalized spacial score (nSPS) is 13.4. The molecule has 0 atom stereocenters. The van der Waals surface area contributed by atoms with Gasteiger partial charge in [0, 0.05) is 24.5 Å². The van der Waals surface area contributed by atoms with Gasteiger partial charge in [-0.3, -0.25) is 14.4 Å². The van der Waals surface area contributed by atoms with Crippen molar-refractivity contribution in [3.8, 4) is 0 Å². The van der Waals surface area contributed by atoms with Crippen LogP contribution in [0.15, 0.2) is 48.6 Å². The van der Waals surface area contributed by atoms with E-state index in [2.05, 4.69) is 11.9 Å². The topological polar surface area (TPSA) is 122 Å². The third kappa shape index (κ3) is 7.28. The van der Waals surface area contributed by atoms with Crippen LogP contribution in [0.5, 0.6) is 0 Å². The highest BCUT2D eigenvalue weighted by Crippen LogP contribution is 2.31. The fourth-order valence-corrected chi connectivity index (χ4v) is 5.29. The van der Waals surface area contributed by atoms with Crippen molar-refractivity contribution >= 4 is 49.8 Å². The SMILES string of the molecule is C=C1CC(=O)N(c2cccc(C(=O)Nc3ccc([Si]C(OCCC)OCCC)cc3CCC)c2C(=O)O)C1=O. The lowest BCUT2D eigenvalue weighted by Gasteiger charge is -2.20. The standard InChI is InChI=1S/C29H34N2O7Si/c1-5-9-19-17-20(39-29(37-14-6-2)38-15-7-3)12-13-22(19)30-26(33)21-10-8-11-23(25(21)28(35)36)31-24(32)16-18(4)27(31)34/h8,10-13,17,29H,4-7,9,14-16H2,1-3H3,(H,30,33)(H,35,36). The van der Waals surface area contributed by atoms with Crippen molar-refractivity contribution in [2.24, 2.45) is 0 Å². The van der Waals surface area contributed by atoms with E-state index in [-0.39, 0.29) is 38.7 Å². The summed E-state index contributed by atoms with van der Waals surface area (Å²) in [5, 5.41) is 13.8. The number of amides is 3. The Labute approximate surface area is 231 Å². The maximum Gasteiger partial charge on any atom is 0.338 e. The molecule has 1 fully saturated rings. The number of hydrogen-bond donors (Lipinski definition) is 2. The molecular weight excluding hydrogens is 516 g/mol. The van der Waals surface area contributed by atoms with Crippen molar-refractivity contribution in [2.75, 3.05) is 23.4 Å². The summed E-state index contributed by atoms with van der Waals surface area (Å²) in [7, 11) is 0.258. The Hall–Kier alpha value is -3.60. The summed E-state index contributed by atoms with van der Waals surface area (Å²) < 4.78 is 11.7. The molecule has 206 valence electrons. The molecule has 1 aliphatic heterocycles. The lowest BCUT2D eigenvalue weighted by atomic mass is 10.0. The smallest absolute Gasteiger partial charge is 0.338 e. The number of anilines is 2. The number of nitrogens with zero attached hydrogens (tertiary/aromatic N) is 1. The van der Waals surface area contributed by atoms with Gasteiger partial charge in [0.2, 0.25) is 5.91 Å². The summed E-state index contributed by atoms with van der Waals surface area (Å²) in [4.78, 5) is 51.3. The first kappa shape index (κ1) is 29.9. The Bertz CT molecular complexity index is 1250. The second kappa shape index (κ2) is 14.0. The lowest BCUT2D eigenvalue weighted by Crippen LogP contribution is -2.34. The van der Waals surface area contributed by atoms with Crippen molar-refractivity contribution in [2.45, 2.75) is 58.8 Å². The zero-order valence-corrected chi connectivity index (χ0v) is 23.5. The number of carbonyl (C=O) groups excluding carboxylic acids is 3. The van der Waals surface area contributed by atoms with Crippen LogP contribution in [-0.2, 0) is 25.5 Å². The average molecular weight is 551 g/mol. The van der Waals surface area contributed by atoms with Gasteiger partial charge in [-0.15, -0.1) is 0 Å². The first-order valence-electron chi connectivity index (χ1n) is 13.1. The summed E-state index contributed by atoms with van der Waals surface area (Å²) in [6.45, 7) is 10.9. The third-order valence-corrected chi connectivity index (χ3v) is 7.18. The first-order valence-corrected chi connectivity index (χ1v) is 14.1. The molecule has 0 bridgehead atoms. The van der Waals surface area contributed by atoms with E-state index >= 15 is 0 Å². The van der Waals surface area contributed by atoms with Crippen molar-refractivity contribution < 1.29 is 33.8 Å². The van der Waals surface area contributed by atoms with Gasteiger partial charge in [0.05, 0.1) is 23.2 Å².